The van der Waals surface area contributed by atoms with Crippen LogP contribution < -0.4 is 5.32 Å². The van der Waals surface area contributed by atoms with Gasteiger partial charge in [-0.1, -0.05) is 0 Å². The van der Waals surface area contributed by atoms with Crippen LogP contribution in [-0.4, -0.2) is 23.2 Å². The SMILES string of the molecule is CC(C)(CO)NC(=O)C1(C#N)CC1. The highest BCUT2D eigenvalue weighted by Gasteiger charge is 2.51. The van der Waals surface area contributed by atoms with Crippen LogP contribution in [0.5, 0.6) is 0 Å². The van der Waals surface area contributed by atoms with Crippen LogP contribution in [0.3, 0.4) is 0 Å². The van der Waals surface area contributed by atoms with Gasteiger partial charge in [0, 0.05) is 0 Å². The first-order valence-electron chi connectivity index (χ1n) is 4.30. The monoisotopic (exact) mass is 182 g/mol. The van der Waals surface area contributed by atoms with E-state index in [2.05, 4.69) is 5.32 Å². The van der Waals surface area contributed by atoms with Gasteiger partial charge in [0.2, 0.25) is 5.91 Å². The van der Waals surface area contributed by atoms with Crippen molar-refractivity contribution in [3.8, 4) is 6.07 Å². The minimum Gasteiger partial charge on any atom is -0.394 e. The van der Waals surface area contributed by atoms with E-state index < -0.39 is 11.0 Å². The van der Waals surface area contributed by atoms with Crippen LogP contribution >= 0.6 is 0 Å². The number of carbonyl (C=O) groups is 1. The predicted octanol–water partition coefficient (Wildman–Crippen LogP) is 0.177. The molecule has 1 amide bonds. The van der Waals surface area contributed by atoms with Crippen molar-refractivity contribution >= 4 is 5.91 Å². The smallest absolute Gasteiger partial charge is 0.240 e. The van der Waals surface area contributed by atoms with Crippen LogP contribution in [-0.2, 0) is 4.79 Å². The lowest BCUT2D eigenvalue weighted by Gasteiger charge is -2.24. The Morgan fingerprint density at radius 3 is 2.54 bits per heavy atom. The fourth-order valence-corrected chi connectivity index (χ4v) is 0.981. The second kappa shape index (κ2) is 3.00. The van der Waals surface area contributed by atoms with Crippen LogP contribution in [0.15, 0.2) is 0 Å². The number of hydrogen-bond acceptors (Lipinski definition) is 3. The number of aliphatic hydroxyl groups excluding tert-OH is 1. The van der Waals surface area contributed by atoms with Gasteiger partial charge < -0.3 is 10.4 Å². The van der Waals surface area contributed by atoms with Gasteiger partial charge in [0.05, 0.1) is 18.2 Å². The lowest BCUT2D eigenvalue weighted by Crippen LogP contribution is -2.49. The van der Waals surface area contributed by atoms with Crippen LogP contribution in [0.1, 0.15) is 26.7 Å². The summed E-state index contributed by atoms with van der Waals surface area (Å²) in [4.78, 5) is 11.5. The Balaban J connectivity index is 2.57. The number of aliphatic hydroxyl groups is 1. The highest BCUT2D eigenvalue weighted by molar-refractivity contribution is 5.88. The van der Waals surface area contributed by atoms with Gasteiger partial charge >= 0.3 is 0 Å². The first-order valence-corrected chi connectivity index (χ1v) is 4.30. The van der Waals surface area contributed by atoms with E-state index in [1.54, 1.807) is 13.8 Å². The zero-order valence-corrected chi connectivity index (χ0v) is 7.92. The van der Waals surface area contributed by atoms with Crippen molar-refractivity contribution in [2.75, 3.05) is 6.61 Å². The molecule has 0 aromatic rings. The summed E-state index contributed by atoms with van der Waals surface area (Å²) in [7, 11) is 0. The molecule has 0 unspecified atom stereocenters. The zero-order chi connectivity index (χ0) is 10.1. The molecule has 0 radical (unpaired) electrons. The molecule has 72 valence electrons. The first kappa shape index (κ1) is 10.0. The number of amides is 1. The topological polar surface area (TPSA) is 73.1 Å². The maximum atomic E-state index is 11.5. The lowest BCUT2D eigenvalue weighted by molar-refractivity contribution is -0.126. The lowest BCUT2D eigenvalue weighted by atomic mass is 10.0. The van der Waals surface area contributed by atoms with Crippen LogP contribution in [0.2, 0.25) is 0 Å². The van der Waals surface area contributed by atoms with Crippen LogP contribution in [0, 0.1) is 16.7 Å². The Morgan fingerprint density at radius 1 is 1.69 bits per heavy atom. The quantitative estimate of drug-likeness (QED) is 0.653. The Kier molecular flexibility index (Phi) is 2.31. The number of nitriles is 1. The summed E-state index contributed by atoms with van der Waals surface area (Å²) >= 11 is 0. The van der Waals surface area contributed by atoms with E-state index in [1.165, 1.54) is 0 Å². The minimum absolute atomic E-state index is 0.125. The summed E-state index contributed by atoms with van der Waals surface area (Å²) in [5.41, 5.74) is -1.43. The van der Waals surface area contributed by atoms with Gasteiger partial charge in [-0.05, 0) is 26.7 Å². The van der Waals surface area contributed by atoms with Crippen molar-refractivity contribution in [2.45, 2.75) is 32.2 Å². The average molecular weight is 182 g/mol. The largest absolute Gasteiger partial charge is 0.394 e. The number of carbonyl (C=O) groups excluding carboxylic acids is 1. The minimum atomic E-state index is -0.799. The molecule has 4 nitrogen and oxygen atoms in total. The molecule has 1 fully saturated rings. The number of hydrogen-bond donors (Lipinski definition) is 2. The Hall–Kier alpha value is -1.08. The third kappa shape index (κ3) is 1.99. The maximum Gasteiger partial charge on any atom is 0.240 e. The summed E-state index contributed by atoms with van der Waals surface area (Å²) < 4.78 is 0. The third-order valence-corrected chi connectivity index (χ3v) is 2.25. The van der Waals surface area contributed by atoms with E-state index in [-0.39, 0.29) is 12.5 Å². The molecule has 4 heteroatoms. The summed E-state index contributed by atoms with van der Waals surface area (Å²) in [5, 5.41) is 20.3. The van der Waals surface area contributed by atoms with E-state index in [4.69, 9.17) is 10.4 Å². The summed E-state index contributed by atoms with van der Waals surface area (Å²) in [6.07, 6.45) is 1.27. The van der Waals surface area contributed by atoms with Crippen molar-refractivity contribution in [2.24, 2.45) is 5.41 Å². The highest BCUT2D eigenvalue weighted by atomic mass is 16.3. The van der Waals surface area contributed by atoms with Crippen molar-refractivity contribution in [1.29, 1.82) is 5.26 Å². The van der Waals surface area contributed by atoms with Crippen LogP contribution in [0.25, 0.3) is 0 Å². The normalized spacial score (nSPS) is 18.9. The first-order chi connectivity index (χ1) is 5.96. The predicted molar refractivity (Wildman–Crippen MR) is 46.6 cm³/mol. The molecular weight excluding hydrogens is 168 g/mol. The van der Waals surface area contributed by atoms with Gasteiger partial charge in [0.1, 0.15) is 5.41 Å². The van der Waals surface area contributed by atoms with E-state index in [1.807, 2.05) is 6.07 Å². The van der Waals surface area contributed by atoms with Gasteiger partial charge in [-0.3, -0.25) is 4.79 Å². The summed E-state index contributed by atoms with van der Waals surface area (Å²) in [5.74, 6) is -0.256. The molecule has 0 atom stereocenters. The average Bonchev–Trinajstić information content (AvgIpc) is 2.84. The van der Waals surface area contributed by atoms with E-state index in [0.717, 1.165) is 0 Å². The second-order valence-electron chi connectivity index (χ2n) is 4.19. The molecule has 13 heavy (non-hydrogen) atoms. The molecule has 1 rings (SSSR count). The van der Waals surface area contributed by atoms with Crippen molar-refractivity contribution in [3.63, 3.8) is 0 Å². The van der Waals surface area contributed by atoms with Gasteiger partial charge in [-0.15, -0.1) is 0 Å². The molecular formula is C9H14N2O2. The molecule has 0 aliphatic heterocycles. The number of rotatable bonds is 3. The Labute approximate surface area is 77.6 Å². The van der Waals surface area contributed by atoms with Gasteiger partial charge in [0.15, 0.2) is 0 Å². The Morgan fingerprint density at radius 2 is 2.23 bits per heavy atom. The second-order valence-corrected chi connectivity index (χ2v) is 4.19. The molecule has 0 heterocycles. The molecule has 1 aliphatic rings. The molecule has 1 aliphatic carbocycles. The molecule has 0 spiro atoms. The highest BCUT2D eigenvalue weighted by Crippen LogP contribution is 2.45. The van der Waals surface area contributed by atoms with E-state index in [0.29, 0.717) is 12.8 Å². The van der Waals surface area contributed by atoms with Gasteiger partial charge in [-0.2, -0.15) is 5.26 Å². The maximum absolute atomic E-state index is 11.5. The van der Waals surface area contributed by atoms with Crippen molar-refractivity contribution in [3.05, 3.63) is 0 Å². The number of nitrogens with one attached hydrogen (secondary N) is 1. The molecule has 1 saturated carbocycles. The fraction of sp³-hybridized carbons (Fsp3) is 0.778. The molecule has 0 bridgehead atoms. The van der Waals surface area contributed by atoms with Gasteiger partial charge in [-0.25, -0.2) is 0 Å². The van der Waals surface area contributed by atoms with Crippen LogP contribution in [0.4, 0.5) is 0 Å². The number of nitrogens with zero attached hydrogens (tertiary/aromatic N) is 1. The van der Waals surface area contributed by atoms with E-state index in [9.17, 15) is 4.79 Å². The zero-order valence-electron chi connectivity index (χ0n) is 7.92. The van der Waals surface area contributed by atoms with Crippen molar-refractivity contribution in [1.82, 2.24) is 5.32 Å². The molecule has 0 aromatic heterocycles. The molecule has 0 aromatic carbocycles. The van der Waals surface area contributed by atoms with Gasteiger partial charge in [0.25, 0.3) is 0 Å². The third-order valence-electron chi connectivity index (χ3n) is 2.25. The fourth-order valence-electron chi connectivity index (χ4n) is 0.981. The Bertz CT molecular complexity index is 261. The van der Waals surface area contributed by atoms with Crippen molar-refractivity contribution < 1.29 is 9.90 Å². The standard InChI is InChI=1S/C9H14N2O2/c1-8(2,6-12)11-7(13)9(5-10)3-4-9/h12H,3-4,6H2,1-2H3,(H,11,13). The summed E-state index contributed by atoms with van der Waals surface area (Å²) in [6.45, 7) is 3.32. The molecule has 0 saturated heterocycles. The summed E-state index contributed by atoms with van der Waals surface area (Å²) in [6, 6.07) is 2.01. The molecule has 2 N–H and O–H groups in total. The van der Waals surface area contributed by atoms with E-state index >= 15 is 0 Å².